The molecule has 0 heterocycles. The van der Waals surface area contributed by atoms with Crippen molar-refractivity contribution < 1.29 is 9.53 Å². The Bertz CT molecular complexity index is 510. The third kappa shape index (κ3) is 5.20. The van der Waals surface area contributed by atoms with E-state index in [4.69, 9.17) is 22.1 Å². The van der Waals surface area contributed by atoms with E-state index in [1.54, 1.807) is 39.0 Å². The van der Waals surface area contributed by atoms with E-state index < -0.39 is 11.6 Å². The first-order valence-corrected chi connectivity index (χ1v) is 6.97. The minimum absolute atomic E-state index is 0.101. The number of halogens is 2. The molecule has 0 saturated carbocycles. The third-order valence-corrected chi connectivity index (χ3v) is 2.75. The Morgan fingerprint density at radius 1 is 1.47 bits per heavy atom. The molecule has 0 amide bonds. The second-order valence-electron chi connectivity index (χ2n) is 4.90. The number of amidine groups is 1. The van der Waals surface area contributed by atoms with Gasteiger partial charge >= 0.3 is 5.97 Å². The van der Waals surface area contributed by atoms with Crippen molar-refractivity contribution in [3.8, 4) is 0 Å². The number of benzene rings is 1. The number of nitrogens with zero attached hydrogens (tertiary/aromatic N) is 1. The van der Waals surface area contributed by atoms with E-state index in [1.165, 1.54) is 0 Å². The summed E-state index contributed by atoms with van der Waals surface area (Å²) >= 11 is 8.90. The molecule has 0 bridgehead atoms. The molecule has 104 valence electrons. The highest BCUT2D eigenvalue weighted by Gasteiger charge is 2.20. The molecule has 1 aromatic carbocycles. The number of carbonyl (C=O) groups is 1. The number of alkyl halides is 1. The van der Waals surface area contributed by atoms with Crippen LogP contribution in [0, 0.1) is 0 Å². The minimum atomic E-state index is -0.571. The molecule has 1 aromatic rings. The van der Waals surface area contributed by atoms with Crippen LogP contribution >= 0.6 is 27.5 Å². The Morgan fingerprint density at radius 2 is 2.11 bits per heavy atom. The molecule has 0 atom stereocenters. The summed E-state index contributed by atoms with van der Waals surface area (Å²) < 4.78 is 6.09. The molecular weight excluding hydrogens is 332 g/mol. The standard InChI is InChI=1S/C13H16BrClN2O2/c1-13(2,3)19-12(18)9-6-8(14)4-5-10(9)17-11(16)7-15/h4-6H,7H2,1-3H3,(H2,16,17). The third-order valence-electron chi connectivity index (χ3n) is 1.98. The smallest absolute Gasteiger partial charge is 0.340 e. The van der Waals surface area contributed by atoms with Gasteiger partial charge in [-0.3, -0.25) is 0 Å². The Balaban J connectivity index is 3.18. The number of nitrogens with two attached hydrogens (primary N) is 1. The molecule has 2 N–H and O–H groups in total. The molecule has 0 unspecified atom stereocenters. The molecule has 0 aromatic heterocycles. The van der Waals surface area contributed by atoms with Crippen LogP contribution < -0.4 is 5.73 Å². The van der Waals surface area contributed by atoms with Crippen molar-refractivity contribution in [3.05, 3.63) is 28.2 Å². The average Bonchev–Trinajstić information content (AvgIpc) is 2.29. The molecule has 0 aliphatic carbocycles. The van der Waals surface area contributed by atoms with Gasteiger partial charge in [0.2, 0.25) is 0 Å². The summed E-state index contributed by atoms with van der Waals surface area (Å²) in [5.74, 6) is -0.104. The fraction of sp³-hybridized carbons (Fsp3) is 0.385. The lowest BCUT2D eigenvalue weighted by Gasteiger charge is -2.20. The fourth-order valence-electron chi connectivity index (χ4n) is 1.29. The van der Waals surface area contributed by atoms with E-state index >= 15 is 0 Å². The van der Waals surface area contributed by atoms with Crippen LogP contribution in [0.5, 0.6) is 0 Å². The molecule has 0 aliphatic heterocycles. The average molecular weight is 348 g/mol. The predicted molar refractivity (Wildman–Crippen MR) is 81.3 cm³/mol. The van der Waals surface area contributed by atoms with Crippen LogP contribution in [-0.4, -0.2) is 23.3 Å². The van der Waals surface area contributed by atoms with Crippen LogP contribution in [0.15, 0.2) is 27.7 Å². The van der Waals surface area contributed by atoms with Crippen molar-refractivity contribution in [2.75, 3.05) is 5.88 Å². The van der Waals surface area contributed by atoms with Crippen molar-refractivity contribution in [1.82, 2.24) is 0 Å². The lowest BCUT2D eigenvalue weighted by Crippen LogP contribution is -2.24. The van der Waals surface area contributed by atoms with Gasteiger partial charge in [-0.1, -0.05) is 15.9 Å². The SMILES string of the molecule is CC(C)(C)OC(=O)c1cc(Br)ccc1N=C(N)CCl. The Kier molecular flexibility index (Phi) is 5.38. The lowest BCUT2D eigenvalue weighted by molar-refractivity contribution is 0.00705. The summed E-state index contributed by atoms with van der Waals surface area (Å²) in [6, 6.07) is 5.10. The van der Waals surface area contributed by atoms with Gasteiger partial charge < -0.3 is 10.5 Å². The summed E-state index contributed by atoms with van der Waals surface area (Å²) in [5.41, 5.74) is 5.81. The highest BCUT2D eigenvalue weighted by Crippen LogP contribution is 2.26. The topological polar surface area (TPSA) is 64.7 Å². The van der Waals surface area contributed by atoms with Crippen LogP contribution in [0.3, 0.4) is 0 Å². The lowest BCUT2D eigenvalue weighted by atomic mass is 10.1. The van der Waals surface area contributed by atoms with E-state index in [-0.39, 0.29) is 11.7 Å². The number of hydrogen-bond acceptors (Lipinski definition) is 3. The summed E-state index contributed by atoms with van der Waals surface area (Å²) in [6.07, 6.45) is 0. The predicted octanol–water partition coefficient (Wildman–Crippen LogP) is 3.63. The van der Waals surface area contributed by atoms with Gasteiger partial charge in [0.15, 0.2) is 0 Å². The van der Waals surface area contributed by atoms with E-state index in [1.807, 2.05) is 0 Å². The number of aliphatic imine (C=N–C) groups is 1. The zero-order chi connectivity index (χ0) is 14.6. The van der Waals surface area contributed by atoms with Gasteiger partial charge in [-0.2, -0.15) is 0 Å². The molecule has 19 heavy (non-hydrogen) atoms. The van der Waals surface area contributed by atoms with Gasteiger partial charge in [-0.25, -0.2) is 9.79 Å². The van der Waals surface area contributed by atoms with Gasteiger partial charge in [-0.05, 0) is 39.0 Å². The molecule has 1 rings (SSSR count). The number of esters is 1. The van der Waals surface area contributed by atoms with Crippen molar-refractivity contribution in [2.45, 2.75) is 26.4 Å². The van der Waals surface area contributed by atoms with Crippen molar-refractivity contribution in [2.24, 2.45) is 10.7 Å². The van der Waals surface area contributed by atoms with Crippen molar-refractivity contribution in [1.29, 1.82) is 0 Å². The fourth-order valence-corrected chi connectivity index (χ4v) is 1.71. The number of rotatable bonds is 3. The Morgan fingerprint density at radius 3 is 2.63 bits per heavy atom. The zero-order valence-corrected chi connectivity index (χ0v) is 13.4. The molecule has 0 radical (unpaired) electrons. The van der Waals surface area contributed by atoms with Gasteiger partial charge in [0.05, 0.1) is 17.1 Å². The maximum absolute atomic E-state index is 12.1. The first-order valence-electron chi connectivity index (χ1n) is 5.65. The minimum Gasteiger partial charge on any atom is -0.456 e. The van der Waals surface area contributed by atoms with Gasteiger partial charge in [0, 0.05) is 4.47 Å². The maximum Gasteiger partial charge on any atom is 0.340 e. The molecular formula is C13H16BrClN2O2. The van der Waals surface area contributed by atoms with E-state index in [9.17, 15) is 4.79 Å². The largest absolute Gasteiger partial charge is 0.456 e. The van der Waals surface area contributed by atoms with Crippen LogP contribution in [0.2, 0.25) is 0 Å². The molecule has 0 fully saturated rings. The number of hydrogen-bond donors (Lipinski definition) is 1. The highest BCUT2D eigenvalue weighted by molar-refractivity contribution is 9.10. The van der Waals surface area contributed by atoms with Gasteiger partial charge in [-0.15, -0.1) is 11.6 Å². The van der Waals surface area contributed by atoms with Crippen LogP contribution in [0.25, 0.3) is 0 Å². The van der Waals surface area contributed by atoms with Crippen molar-refractivity contribution in [3.63, 3.8) is 0 Å². The van der Waals surface area contributed by atoms with E-state index in [0.717, 1.165) is 4.47 Å². The maximum atomic E-state index is 12.1. The summed E-state index contributed by atoms with van der Waals surface area (Å²) in [6.45, 7) is 5.41. The van der Waals surface area contributed by atoms with Crippen LogP contribution in [0.4, 0.5) is 5.69 Å². The number of carbonyl (C=O) groups excluding carboxylic acids is 1. The van der Waals surface area contributed by atoms with Gasteiger partial charge in [0.25, 0.3) is 0 Å². The van der Waals surface area contributed by atoms with Crippen LogP contribution in [0.1, 0.15) is 31.1 Å². The molecule has 0 spiro atoms. The van der Waals surface area contributed by atoms with Crippen LogP contribution in [-0.2, 0) is 4.74 Å². The molecule has 0 aliphatic rings. The summed E-state index contributed by atoms with van der Waals surface area (Å²) in [5, 5.41) is 0. The summed E-state index contributed by atoms with van der Waals surface area (Å²) in [7, 11) is 0. The Hall–Kier alpha value is -1.07. The molecule has 6 heteroatoms. The highest BCUT2D eigenvalue weighted by atomic mass is 79.9. The summed E-state index contributed by atoms with van der Waals surface area (Å²) in [4.78, 5) is 16.2. The van der Waals surface area contributed by atoms with E-state index in [0.29, 0.717) is 11.3 Å². The van der Waals surface area contributed by atoms with Gasteiger partial charge in [0.1, 0.15) is 11.4 Å². The second kappa shape index (κ2) is 6.39. The monoisotopic (exact) mass is 346 g/mol. The first kappa shape index (κ1) is 16.0. The Labute approximate surface area is 126 Å². The first-order chi connectivity index (χ1) is 8.73. The normalized spacial score (nSPS) is 12.4. The van der Waals surface area contributed by atoms with Crippen molar-refractivity contribution >= 4 is 45.0 Å². The number of ether oxygens (including phenoxy) is 1. The zero-order valence-electron chi connectivity index (χ0n) is 11.0. The van der Waals surface area contributed by atoms with E-state index in [2.05, 4.69) is 20.9 Å². The molecule has 0 saturated heterocycles. The molecule has 4 nitrogen and oxygen atoms in total. The second-order valence-corrected chi connectivity index (χ2v) is 6.08. The quantitative estimate of drug-likeness (QED) is 0.393.